The number of hydrogen-bond donors (Lipinski definition) is 0. The van der Waals surface area contributed by atoms with Crippen molar-refractivity contribution in [2.75, 3.05) is 18.0 Å². The summed E-state index contributed by atoms with van der Waals surface area (Å²) in [7, 11) is 0. The number of aromatic nitrogens is 1. The Kier molecular flexibility index (Phi) is 2.78. The van der Waals surface area contributed by atoms with E-state index in [0.717, 1.165) is 12.8 Å². The number of nitrogens with zero attached hydrogens (tertiary/aromatic N) is 2. The predicted octanol–water partition coefficient (Wildman–Crippen LogP) is 3.01. The van der Waals surface area contributed by atoms with Crippen molar-refractivity contribution in [3.63, 3.8) is 0 Å². The lowest BCUT2D eigenvalue weighted by atomic mass is 10.2. The minimum Gasteiger partial charge on any atom is -0.356 e. The Balaban J connectivity index is 2.43. The van der Waals surface area contributed by atoms with Gasteiger partial charge >= 0.3 is 6.18 Å². The average Bonchev–Trinajstić information content (AvgIpc) is 2.69. The van der Waals surface area contributed by atoms with Gasteiger partial charge in [0, 0.05) is 19.3 Å². The van der Waals surface area contributed by atoms with Gasteiger partial charge in [-0.15, -0.1) is 0 Å². The Morgan fingerprint density at radius 1 is 1.25 bits per heavy atom. The number of pyridine rings is 1. The maximum Gasteiger partial charge on any atom is 0.419 e. The predicted molar refractivity (Wildman–Crippen MR) is 55.4 cm³/mol. The van der Waals surface area contributed by atoms with E-state index in [0.29, 0.717) is 18.7 Å². The van der Waals surface area contributed by atoms with E-state index in [2.05, 4.69) is 4.98 Å². The van der Waals surface area contributed by atoms with Gasteiger partial charge in [0.2, 0.25) is 0 Å². The summed E-state index contributed by atoms with van der Waals surface area (Å²) in [5, 5.41) is 0. The molecule has 1 fully saturated rings. The zero-order chi connectivity index (χ0) is 11.8. The third kappa shape index (κ3) is 2.13. The topological polar surface area (TPSA) is 16.1 Å². The second-order valence-corrected chi connectivity index (χ2v) is 4.08. The highest BCUT2D eigenvalue weighted by molar-refractivity contribution is 5.50. The average molecular weight is 230 g/mol. The molecule has 1 aromatic heterocycles. The molecular weight excluding hydrogens is 217 g/mol. The lowest BCUT2D eigenvalue weighted by Crippen LogP contribution is -2.23. The van der Waals surface area contributed by atoms with E-state index < -0.39 is 11.7 Å². The van der Waals surface area contributed by atoms with E-state index >= 15 is 0 Å². The molecule has 0 amide bonds. The van der Waals surface area contributed by atoms with Crippen molar-refractivity contribution < 1.29 is 13.2 Å². The van der Waals surface area contributed by atoms with E-state index in [9.17, 15) is 13.2 Å². The molecule has 16 heavy (non-hydrogen) atoms. The molecule has 0 saturated carbocycles. The third-order valence-corrected chi connectivity index (χ3v) is 2.71. The molecule has 1 aromatic rings. The van der Waals surface area contributed by atoms with Crippen LogP contribution in [0.1, 0.15) is 24.0 Å². The van der Waals surface area contributed by atoms with Gasteiger partial charge in [0.05, 0.1) is 5.56 Å². The van der Waals surface area contributed by atoms with E-state index in [-0.39, 0.29) is 5.82 Å². The minimum absolute atomic E-state index is 0.0793. The van der Waals surface area contributed by atoms with Gasteiger partial charge in [0.25, 0.3) is 0 Å². The molecule has 0 aliphatic carbocycles. The Morgan fingerprint density at radius 3 is 2.44 bits per heavy atom. The fourth-order valence-corrected chi connectivity index (χ4v) is 1.95. The fourth-order valence-electron chi connectivity index (χ4n) is 1.95. The summed E-state index contributed by atoms with van der Waals surface area (Å²) in [6.45, 7) is 2.95. The highest BCUT2D eigenvalue weighted by atomic mass is 19.4. The number of halogens is 3. The van der Waals surface area contributed by atoms with E-state index in [1.54, 1.807) is 11.8 Å². The standard InChI is InChI=1S/C11H13F3N2/c1-8-6-9(11(12,13)14)10(15-7-8)16-4-2-3-5-16/h6-7H,2-5H2,1H3. The van der Waals surface area contributed by atoms with Gasteiger partial charge in [-0.2, -0.15) is 13.2 Å². The second kappa shape index (κ2) is 3.96. The van der Waals surface area contributed by atoms with Gasteiger partial charge in [-0.3, -0.25) is 0 Å². The maximum atomic E-state index is 12.8. The number of anilines is 1. The molecule has 0 radical (unpaired) electrons. The van der Waals surface area contributed by atoms with Crippen LogP contribution >= 0.6 is 0 Å². The summed E-state index contributed by atoms with van der Waals surface area (Å²) in [5.41, 5.74) is -0.0790. The Hall–Kier alpha value is -1.26. The molecule has 1 aliphatic rings. The van der Waals surface area contributed by atoms with Crippen LogP contribution in [0.25, 0.3) is 0 Å². The molecule has 5 heteroatoms. The first-order valence-corrected chi connectivity index (χ1v) is 5.27. The van der Waals surface area contributed by atoms with Crippen LogP contribution in [0.2, 0.25) is 0 Å². The molecule has 88 valence electrons. The van der Waals surface area contributed by atoms with Crippen LogP contribution in [0.4, 0.5) is 19.0 Å². The summed E-state index contributed by atoms with van der Waals surface area (Å²) < 4.78 is 38.4. The summed E-state index contributed by atoms with van der Waals surface area (Å²) in [6, 6.07) is 1.17. The number of rotatable bonds is 1. The van der Waals surface area contributed by atoms with Crippen molar-refractivity contribution in [3.05, 3.63) is 23.4 Å². The molecule has 0 bridgehead atoms. The Labute approximate surface area is 92.1 Å². The van der Waals surface area contributed by atoms with Crippen molar-refractivity contribution in [1.82, 2.24) is 4.98 Å². The van der Waals surface area contributed by atoms with Gasteiger partial charge in [-0.25, -0.2) is 4.98 Å². The first-order valence-electron chi connectivity index (χ1n) is 5.27. The van der Waals surface area contributed by atoms with E-state index in [1.807, 2.05) is 0 Å². The molecular formula is C11H13F3N2. The van der Waals surface area contributed by atoms with Crippen LogP contribution in [0.15, 0.2) is 12.3 Å². The van der Waals surface area contributed by atoms with Crippen molar-refractivity contribution in [3.8, 4) is 0 Å². The zero-order valence-electron chi connectivity index (χ0n) is 9.01. The first kappa shape index (κ1) is 11.2. The number of alkyl halides is 3. The molecule has 1 aliphatic heterocycles. The highest BCUT2D eigenvalue weighted by Gasteiger charge is 2.36. The Morgan fingerprint density at radius 2 is 1.88 bits per heavy atom. The molecule has 0 aromatic carbocycles. The molecule has 0 atom stereocenters. The zero-order valence-corrected chi connectivity index (χ0v) is 9.01. The Bertz CT molecular complexity index is 381. The second-order valence-electron chi connectivity index (χ2n) is 4.08. The van der Waals surface area contributed by atoms with E-state index in [4.69, 9.17) is 0 Å². The fraction of sp³-hybridized carbons (Fsp3) is 0.545. The summed E-state index contributed by atoms with van der Waals surface area (Å²) in [6.07, 6.45) is -0.959. The minimum atomic E-state index is -4.32. The van der Waals surface area contributed by atoms with Crippen LogP contribution in [0.5, 0.6) is 0 Å². The lowest BCUT2D eigenvalue weighted by Gasteiger charge is -2.21. The van der Waals surface area contributed by atoms with Crippen LogP contribution in [-0.4, -0.2) is 18.1 Å². The van der Waals surface area contributed by atoms with E-state index in [1.165, 1.54) is 12.3 Å². The largest absolute Gasteiger partial charge is 0.419 e. The van der Waals surface area contributed by atoms with Crippen molar-refractivity contribution in [2.45, 2.75) is 25.9 Å². The van der Waals surface area contributed by atoms with Crippen molar-refractivity contribution in [2.24, 2.45) is 0 Å². The molecule has 0 unspecified atom stereocenters. The molecule has 0 N–H and O–H groups in total. The van der Waals surface area contributed by atoms with Crippen LogP contribution in [0.3, 0.4) is 0 Å². The highest BCUT2D eigenvalue weighted by Crippen LogP contribution is 2.36. The lowest BCUT2D eigenvalue weighted by molar-refractivity contribution is -0.137. The van der Waals surface area contributed by atoms with Gasteiger partial charge in [0.15, 0.2) is 0 Å². The molecule has 2 nitrogen and oxygen atoms in total. The monoisotopic (exact) mass is 230 g/mol. The van der Waals surface area contributed by atoms with Crippen LogP contribution in [-0.2, 0) is 6.18 Å². The molecule has 0 spiro atoms. The SMILES string of the molecule is Cc1cnc(N2CCCC2)c(C(F)(F)F)c1. The van der Waals surface area contributed by atoms with Crippen LogP contribution in [0, 0.1) is 6.92 Å². The summed E-state index contributed by atoms with van der Waals surface area (Å²) in [4.78, 5) is 5.64. The normalized spacial score (nSPS) is 16.9. The summed E-state index contributed by atoms with van der Waals surface area (Å²) in [5.74, 6) is 0.0793. The quantitative estimate of drug-likeness (QED) is 0.737. The maximum absolute atomic E-state index is 12.8. The van der Waals surface area contributed by atoms with Gasteiger partial charge in [-0.1, -0.05) is 0 Å². The van der Waals surface area contributed by atoms with Gasteiger partial charge in [0.1, 0.15) is 5.82 Å². The number of aryl methyl sites for hydroxylation is 1. The summed E-state index contributed by atoms with van der Waals surface area (Å²) >= 11 is 0. The molecule has 2 heterocycles. The first-order chi connectivity index (χ1) is 7.48. The van der Waals surface area contributed by atoms with Crippen molar-refractivity contribution >= 4 is 5.82 Å². The van der Waals surface area contributed by atoms with Crippen LogP contribution < -0.4 is 4.90 Å². The molecule has 2 rings (SSSR count). The van der Waals surface area contributed by atoms with Gasteiger partial charge in [-0.05, 0) is 31.4 Å². The van der Waals surface area contributed by atoms with Crippen molar-refractivity contribution in [1.29, 1.82) is 0 Å². The third-order valence-electron chi connectivity index (χ3n) is 2.71. The molecule has 1 saturated heterocycles. The number of hydrogen-bond acceptors (Lipinski definition) is 2. The smallest absolute Gasteiger partial charge is 0.356 e. The van der Waals surface area contributed by atoms with Gasteiger partial charge < -0.3 is 4.90 Å².